The number of hydrogen-bond acceptors (Lipinski definition) is 7. The number of nitrogens with one attached hydrogen (secondary N) is 2. The Bertz CT molecular complexity index is 575. The summed E-state index contributed by atoms with van der Waals surface area (Å²) >= 11 is 0. The molecule has 0 bridgehead atoms. The minimum Gasteiger partial charge on any atom is -0.448 e. The second-order valence-electron chi connectivity index (χ2n) is 6.99. The molecule has 1 atom stereocenters. The molecule has 1 aromatic heterocycles. The summed E-state index contributed by atoms with van der Waals surface area (Å²) in [5.74, 6) is 0. The van der Waals surface area contributed by atoms with Crippen LogP contribution in [0.25, 0.3) is 0 Å². The molecule has 33 heavy (non-hydrogen) atoms. The zero-order valence-corrected chi connectivity index (χ0v) is 21.9. The minimum absolute atomic E-state index is 0. The summed E-state index contributed by atoms with van der Waals surface area (Å²) in [7, 11) is 0. The van der Waals surface area contributed by atoms with Crippen molar-refractivity contribution in [1.82, 2.24) is 20.5 Å². The molecule has 1 aromatic rings. The topological polar surface area (TPSA) is 119 Å². The lowest BCUT2D eigenvalue weighted by Gasteiger charge is -2.25. The molecule has 0 spiro atoms. The van der Waals surface area contributed by atoms with Crippen molar-refractivity contribution in [1.29, 1.82) is 0 Å². The first-order valence-electron chi connectivity index (χ1n) is 10.8. The van der Waals surface area contributed by atoms with E-state index in [0.29, 0.717) is 32.7 Å². The smallest absolute Gasteiger partial charge is 0.407 e. The summed E-state index contributed by atoms with van der Waals surface area (Å²) < 4.78 is 10.5. The summed E-state index contributed by atoms with van der Waals surface area (Å²) in [6, 6.07) is 5.30. The van der Waals surface area contributed by atoms with Crippen molar-refractivity contribution < 1.29 is 19.1 Å². The number of ether oxygens (including phenoxy) is 2. The number of amides is 2. The fourth-order valence-electron chi connectivity index (χ4n) is 2.63. The van der Waals surface area contributed by atoms with Crippen molar-refractivity contribution in [3.05, 3.63) is 30.1 Å². The predicted molar refractivity (Wildman–Crippen MR) is 138 cm³/mol. The van der Waals surface area contributed by atoms with Gasteiger partial charge in [-0.05, 0) is 25.0 Å². The fourth-order valence-corrected chi connectivity index (χ4v) is 2.63. The summed E-state index contributed by atoms with van der Waals surface area (Å²) in [6.45, 7) is 7.20. The number of aromatic nitrogens is 1. The van der Waals surface area contributed by atoms with Gasteiger partial charge in [0.25, 0.3) is 0 Å². The lowest BCUT2D eigenvalue weighted by atomic mass is 10.2. The Kier molecular flexibility index (Phi) is 25.8. The second-order valence-corrected chi connectivity index (χ2v) is 6.99. The Morgan fingerprint density at radius 2 is 1.48 bits per heavy atom. The van der Waals surface area contributed by atoms with Gasteiger partial charge in [-0.1, -0.05) is 32.8 Å². The largest absolute Gasteiger partial charge is 0.448 e. The van der Waals surface area contributed by atoms with E-state index in [0.717, 1.165) is 31.4 Å². The number of carbonyl (C=O) groups is 2. The Labute approximate surface area is 216 Å². The van der Waals surface area contributed by atoms with Gasteiger partial charge in [-0.15, -0.1) is 37.2 Å². The molecule has 0 aliphatic rings. The average molecular weight is 533 g/mol. The molecule has 0 saturated heterocycles. The number of halogens is 3. The van der Waals surface area contributed by atoms with Crippen molar-refractivity contribution in [2.75, 3.05) is 45.9 Å². The first-order chi connectivity index (χ1) is 14.6. The van der Waals surface area contributed by atoms with Crippen LogP contribution in [0, 0.1) is 0 Å². The zero-order chi connectivity index (χ0) is 22.0. The SMILES string of the molecule is CCCCNC(=O)OCCN(CCOC(=O)NCCCC)CC(N)c1ccccn1.Cl.Cl.Cl. The molecular weight excluding hydrogens is 493 g/mol. The Morgan fingerprint density at radius 3 is 1.91 bits per heavy atom. The number of alkyl carbamates (subject to hydrolysis) is 2. The third-order valence-corrected chi connectivity index (χ3v) is 4.40. The van der Waals surface area contributed by atoms with Crippen LogP contribution in [0.2, 0.25) is 0 Å². The molecule has 0 radical (unpaired) electrons. The highest BCUT2D eigenvalue weighted by Gasteiger charge is 2.15. The molecule has 1 rings (SSSR count). The van der Waals surface area contributed by atoms with Crippen LogP contribution in [-0.2, 0) is 9.47 Å². The molecule has 0 saturated carbocycles. The van der Waals surface area contributed by atoms with E-state index in [1.54, 1.807) is 6.20 Å². The lowest BCUT2D eigenvalue weighted by molar-refractivity contribution is 0.104. The van der Waals surface area contributed by atoms with Crippen molar-refractivity contribution in [2.45, 2.75) is 45.6 Å². The number of nitrogens with zero attached hydrogens (tertiary/aromatic N) is 2. The maximum atomic E-state index is 11.7. The van der Waals surface area contributed by atoms with Gasteiger partial charge >= 0.3 is 12.2 Å². The van der Waals surface area contributed by atoms with Crippen molar-refractivity contribution in [3.8, 4) is 0 Å². The van der Waals surface area contributed by atoms with E-state index in [2.05, 4.69) is 29.5 Å². The molecular formula is C21H40Cl3N5O4. The van der Waals surface area contributed by atoms with E-state index in [1.165, 1.54) is 0 Å². The maximum Gasteiger partial charge on any atom is 0.407 e. The van der Waals surface area contributed by atoms with Gasteiger partial charge in [0.2, 0.25) is 0 Å². The van der Waals surface area contributed by atoms with Gasteiger partial charge in [-0.3, -0.25) is 9.88 Å². The lowest BCUT2D eigenvalue weighted by Crippen LogP contribution is -2.39. The van der Waals surface area contributed by atoms with Crippen molar-refractivity contribution in [3.63, 3.8) is 0 Å². The van der Waals surface area contributed by atoms with E-state index >= 15 is 0 Å². The molecule has 2 amide bonds. The van der Waals surface area contributed by atoms with E-state index < -0.39 is 12.2 Å². The summed E-state index contributed by atoms with van der Waals surface area (Å²) in [6.07, 6.45) is 4.69. The van der Waals surface area contributed by atoms with Crippen LogP contribution in [-0.4, -0.2) is 68.0 Å². The molecule has 12 heteroatoms. The number of pyridine rings is 1. The number of hydrogen-bond donors (Lipinski definition) is 3. The predicted octanol–water partition coefficient (Wildman–Crippen LogP) is 3.70. The van der Waals surface area contributed by atoms with Crippen molar-refractivity contribution >= 4 is 49.4 Å². The Morgan fingerprint density at radius 1 is 0.970 bits per heavy atom. The van der Waals surface area contributed by atoms with E-state index in [-0.39, 0.29) is 56.5 Å². The number of rotatable bonds is 15. The first kappa shape index (κ1) is 36.1. The zero-order valence-electron chi connectivity index (χ0n) is 19.5. The highest BCUT2D eigenvalue weighted by molar-refractivity contribution is 5.86. The van der Waals surface area contributed by atoms with Crippen LogP contribution in [0.5, 0.6) is 0 Å². The van der Waals surface area contributed by atoms with E-state index in [4.69, 9.17) is 15.2 Å². The molecule has 9 nitrogen and oxygen atoms in total. The Hall–Kier alpha value is -1.52. The standard InChI is InChI=1S/C21H37N5O4.3ClH/c1-3-5-10-24-20(27)29-15-13-26(14-16-30-21(28)25-11-6-4-2)17-18(22)19-9-7-8-12-23-19;;;/h7-9,12,18H,3-6,10-11,13-17,22H2,1-2H3,(H,24,27)(H,25,28);3*1H. The van der Waals surface area contributed by atoms with Gasteiger partial charge < -0.3 is 25.8 Å². The molecule has 194 valence electrons. The monoisotopic (exact) mass is 531 g/mol. The molecule has 4 N–H and O–H groups in total. The molecule has 0 aliphatic heterocycles. The molecule has 0 fully saturated rings. The molecule has 1 unspecified atom stereocenters. The third-order valence-electron chi connectivity index (χ3n) is 4.40. The van der Waals surface area contributed by atoms with Crippen LogP contribution < -0.4 is 16.4 Å². The van der Waals surface area contributed by atoms with Gasteiger partial charge in [0.1, 0.15) is 13.2 Å². The summed E-state index contributed by atoms with van der Waals surface area (Å²) in [5, 5.41) is 5.43. The van der Waals surface area contributed by atoms with Gasteiger partial charge in [-0.2, -0.15) is 0 Å². The molecule has 0 aromatic carbocycles. The average Bonchev–Trinajstić information content (AvgIpc) is 2.74. The van der Waals surface area contributed by atoms with Gasteiger partial charge in [0.15, 0.2) is 0 Å². The van der Waals surface area contributed by atoms with E-state index in [1.807, 2.05) is 23.1 Å². The number of nitrogens with two attached hydrogens (primary N) is 1. The summed E-state index contributed by atoms with van der Waals surface area (Å²) in [5.41, 5.74) is 7.05. The highest BCUT2D eigenvalue weighted by Crippen LogP contribution is 2.08. The van der Waals surface area contributed by atoms with Crippen LogP contribution in [0.3, 0.4) is 0 Å². The normalized spacial score (nSPS) is 10.7. The number of carbonyl (C=O) groups excluding carboxylic acids is 2. The van der Waals surface area contributed by atoms with Crippen LogP contribution in [0.4, 0.5) is 9.59 Å². The Balaban J connectivity index is -0.00000300. The highest BCUT2D eigenvalue weighted by atomic mass is 35.5. The number of unbranched alkanes of at least 4 members (excludes halogenated alkanes) is 2. The van der Waals surface area contributed by atoms with Gasteiger partial charge in [-0.25, -0.2) is 9.59 Å². The van der Waals surface area contributed by atoms with Crippen molar-refractivity contribution in [2.24, 2.45) is 5.73 Å². The van der Waals surface area contributed by atoms with E-state index in [9.17, 15) is 9.59 Å². The van der Waals surface area contributed by atoms with Gasteiger partial charge in [0.05, 0.1) is 11.7 Å². The summed E-state index contributed by atoms with van der Waals surface area (Å²) in [4.78, 5) is 29.7. The second kappa shape index (κ2) is 23.6. The fraction of sp³-hybridized carbons (Fsp3) is 0.667. The first-order valence-corrected chi connectivity index (χ1v) is 10.8. The maximum absolute atomic E-state index is 11.7. The third kappa shape index (κ3) is 18.6. The molecule has 1 heterocycles. The molecule has 0 aliphatic carbocycles. The van der Waals surface area contributed by atoms with Crippen LogP contribution in [0.15, 0.2) is 24.4 Å². The quantitative estimate of drug-likeness (QED) is 0.295. The van der Waals surface area contributed by atoms with Crippen LogP contribution >= 0.6 is 37.2 Å². The van der Waals surface area contributed by atoms with Crippen LogP contribution in [0.1, 0.15) is 51.3 Å². The van der Waals surface area contributed by atoms with Gasteiger partial charge in [0, 0.05) is 38.9 Å². The minimum atomic E-state index is -0.427.